The number of carbonyl (C=O) groups is 1. The van der Waals surface area contributed by atoms with Crippen molar-refractivity contribution < 1.29 is 14.5 Å². The molecule has 0 spiro atoms. The van der Waals surface area contributed by atoms with Crippen molar-refractivity contribution in [1.29, 1.82) is 0 Å². The minimum Gasteiger partial charge on any atom is -0.434 e. The molecule has 0 bridgehead atoms. The average molecular weight is 393 g/mol. The van der Waals surface area contributed by atoms with Crippen molar-refractivity contribution in [2.75, 3.05) is 10.6 Å². The summed E-state index contributed by atoms with van der Waals surface area (Å²) in [7, 11) is 0. The van der Waals surface area contributed by atoms with E-state index in [9.17, 15) is 14.9 Å². The van der Waals surface area contributed by atoms with Crippen LogP contribution in [0.1, 0.15) is 19.4 Å². The van der Waals surface area contributed by atoms with E-state index in [0.29, 0.717) is 17.1 Å². The molecule has 3 rings (SSSR count). The summed E-state index contributed by atoms with van der Waals surface area (Å²) in [6.45, 7) is 3.44. The van der Waals surface area contributed by atoms with Crippen LogP contribution in [0, 0.1) is 10.1 Å². The lowest BCUT2D eigenvalue weighted by atomic mass is 10.2. The molecule has 2 aromatic carbocycles. The van der Waals surface area contributed by atoms with Gasteiger partial charge >= 0.3 is 11.6 Å². The number of rotatable bonds is 7. The fraction of sp³-hybridized carbons (Fsp3) is 0.150. The highest BCUT2D eigenvalue weighted by Gasteiger charge is 2.25. The Hall–Kier alpha value is -4.01. The zero-order valence-electron chi connectivity index (χ0n) is 15.9. The Morgan fingerprint density at radius 2 is 1.72 bits per heavy atom. The minimum atomic E-state index is -0.593. The monoisotopic (exact) mass is 393 g/mol. The molecule has 0 fully saturated rings. The molecule has 0 saturated heterocycles. The van der Waals surface area contributed by atoms with Gasteiger partial charge in [0, 0.05) is 18.3 Å². The third kappa shape index (κ3) is 5.04. The summed E-state index contributed by atoms with van der Waals surface area (Å²) >= 11 is 0. The maximum absolute atomic E-state index is 11.7. The van der Waals surface area contributed by atoms with Crippen molar-refractivity contribution in [2.45, 2.75) is 20.3 Å². The third-order valence-electron chi connectivity index (χ3n) is 3.99. The number of hydrogen-bond donors (Lipinski definition) is 2. The van der Waals surface area contributed by atoms with E-state index in [2.05, 4.69) is 20.6 Å². The summed E-state index contributed by atoms with van der Waals surface area (Å²) in [6.07, 6.45) is 2.07. The van der Waals surface area contributed by atoms with Crippen LogP contribution < -0.4 is 15.4 Å². The van der Waals surface area contributed by atoms with Gasteiger partial charge in [-0.2, -0.15) is 4.98 Å². The summed E-state index contributed by atoms with van der Waals surface area (Å²) in [4.78, 5) is 30.1. The first-order valence-electron chi connectivity index (χ1n) is 8.87. The Balaban J connectivity index is 1.86. The first-order chi connectivity index (χ1) is 14.0. The van der Waals surface area contributed by atoms with Gasteiger partial charge in [0.25, 0.3) is 0 Å². The SMILES string of the molecule is CCc1ccc(Oc2ncnc(Nc3ccc(NC(C)=O)cc3)c2[N+](=O)[O-])cc1. The Morgan fingerprint density at radius 3 is 2.31 bits per heavy atom. The van der Waals surface area contributed by atoms with Crippen LogP contribution >= 0.6 is 0 Å². The molecule has 3 aromatic rings. The van der Waals surface area contributed by atoms with E-state index < -0.39 is 4.92 Å². The van der Waals surface area contributed by atoms with Gasteiger partial charge in [-0.05, 0) is 48.4 Å². The van der Waals surface area contributed by atoms with Crippen molar-refractivity contribution in [2.24, 2.45) is 0 Å². The number of benzene rings is 2. The van der Waals surface area contributed by atoms with Crippen molar-refractivity contribution >= 4 is 28.8 Å². The number of amides is 1. The molecule has 0 radical (unpaired) electrons. The van der Waals surface area contributed by atoms with Gasteiger partial charge in [0.2, 0.25) is 11.7 Å². The molecule has 0 aliphatic rings. The van der Waals surface area contributed by atoms with E-state index in [1.54, 1.807) is 36.4 Å². The van der Waals surface area contributed by atoms with Crippen LogP contribution in [0.25, 0.3) is 0 Å². The Kier molecular flexibility index (Phi) is 5.98. The van der Waals surface area contributed by atoms with E-state index in [1.807, 2.05) is 19.1 Å². The molecule has 148 valence electrons. The van der Waals surface area contributed by atoms with E-state index in [0.717, 1.165) is 12.0 Å². The molecule has 0 saturated carbocycles. The predicted octanol–water partition coefficient (Wildman–Crippen LogP) is 4.44. The number of nitro groups is 1. The van der Waals surface area contributed by atoms with Gasteiger partial charge in [-0.25, -0.2) is 4.98 Å². The predicted molar refractivity (Wildman–Crippen MR) is 109 cm³/mol. The van der Waals surface area contributed by atoms with Gasteiger partial charge in [0.1, 0.15) is 12.1 Å². The van der Waals surface area contributed by atoms with E-state index in [4.69, 9.17) is 4.74 Å². The topological polar surface area (TPSA) is 119 Å². The summed E-state index contributed by atoms with van der Waals surface area (Å²) in [5, 5.41) is 17.2. The fourth-order valence-corrected chi connectivity index (χ4v) is 2.58. The van der Waals surface area contributed by atoms with Gasteiger partial charge in [-0.3, -0.25) is 14.9 Å². The smallest absolute Gasteiger partial charge is 0.373 e. The lowest BCUT2D eigenvalue weighted by Gasteiger charge is -2.10. The number of aromatic nitrogens is 2. The second-order valence-electron chi connectivity index (χ2n) is 6.12. The number of nitrogens with zero attached hydrogens (tertiary/aromatic N) is 3. The highest BCUT2D eigenvalue weighted by Crippen LogP contribution is 2.35. The largest absolute Gasteiger partial charge is 0.434 e. The molecule has 9 heteroatoms. The minimum absolute atomic E-state index is 0.00236. The van der Waals surface area contributed by atoms with Gasteiger partial charge in [-0.1, -0.05) is 19.1 Å². The molecule has 29 heavy (non-hydrogen) atoms. The lowest BCUT2D eigenvalue weighted by molar-refractivity contribution is -0.385. The number of anilines is 3. The summed E-state index contributed by atoms with van der Waals surface area (Å²) in [5.41, 5.74) is 1.91. The summed E-state index contributed by atoms with van der Waals surface area (Å²) in [5.74, 6) is 0.0876. The molecule has 2 N–H and O–H groups in total. The van der Waals surface area contributed by atoms with Crippen molar-refractivity contribution in [3.8, 4) is 11.6 Å². The van der Waals surface area contributed by atoms with Crippen LogP contribution in [0.2, 0.25) is 0 Å². The van der Waals surface area contributed by atoms with Crippen LogP contribution in [-0.2, 0) is 11.2 Å². The first kappa shape index (κ1) is 19.7. The van der Waals surface area contributed by atoms with Gasteiger partial charge < -0.3 is 15.4 Å². The van der Waals surface area contributed by atoms with E-state index >= 15 is 0 Å². The molecule has 0 atom stereocenters. The van der Waals surface area contributed by atoms with Crippen molar-refractivity contribution in [3.63, 3.8) is 0 Å². The van der Waals surface area contributed by atoms with Crippen LogP contribution in [0.4, 0.5) is 22.9 Å². The second kappa shape index (κ2) is 8.79. The second-order valence-corrected chi connectivity index (χ2v) is 6.12. The van der Waals surface area contributed by atoms with Gasteiger partial charge in [0.15, 0.2) is 0 Å². The molecule has 1 heterocycles. The summed E-state index contributed by atoms with van der Waals surface area (Å²) in [6, 6.07) is 13.9. The van der Waals surface area contributed by atoms with Crippen molar-refractivity contribution in [1.82, 2.24) is 9.97 Å². The lowest BCUT2D eigenvalue weighted by Crippen LogP contribution is -2.06. The van der Waals surface area contributed by atoms with E-state index in [1.165, 1.54) is 13.3 Å². The molecule has 0 aliphatic carbocycles. The Bertz CT molecular complexity index is 1020. The van der Waals surface area contributed by atoms with Crippen LogP contribution in [-0.4, -0.2) is 20.8 Å². The Morgan fingerprint density at radius 1 is 1.07 bits per heavy atom. The zero-order valence-corrected chi connectivity index (χ0v) is 15.9. The molecular weight excluding hydrogens is 374 g/mol. The summed E-state index contributed by atoms with van der Waals surface area (Å²) < 4.78 is 5.63. The molecule has 1 amide bonds. The molecule has 0 aliphatic heterocycles. The Labute approximate surface area is 166 Å². The third-order valence-corrected chi connectivity index (χ3v) is 3.99. The number of aryl methyl sites for hydroxylation is 1. The van der Waals surface area contributed by atoms with Crippen LogP contribution in [0.3, 0.4) is 0 Å². The fourth-order valence-electron chi connectivity index (χ4n) is 2.58. The van der Waals surface area contributed by atoms with Gasteiger partial charge in [-0.15, -0.1) is 0 Å². The number of carbonyl (C=O) groups excluding carboxylic acids is 1. The van der Waals surface area contributed by atoms with Crippen LogP contribution in [0.15, 0.2) is 54.9 Å². The quantitative estimate of drug-likeness (QED) is 0.450. The standard InChI is InChI=1S/C20H19N5O4/c1-3-14-4-10-17(11-5-14)29-20-18(25(27)28)19(21-12-22-20)24-16-8-6-15(7-9-16)23-13(2)26/h4-12H,3H2,1-2H3,(H,23,26)(H,21,22,24). The van der Waals surface area contributed by atoms with Gasteiger partial charge in [0.05, 0.1) is 4.92 Å². The highest BCUT2D eigenvalue weighted by atomic mass is 16.6. The molecular formula is C20H19N5O4. The average Bonchev–Trinajstić information content (AvgIpc) is 2.69. The van der Waals surface area contributed by atoms with Crippen LogP contribution in [0.5, 0.6) is 11.6 Å². The molecule has 9 nitrogen and oxygen atoms in total. The van der Waals surface area contributed by atoms with E-state index in [-0.39, 0.29) is 23.3 Å². The van der Waals surface area contributed by atoms with Crippen molar-refractivity contribution in [3.05, 3.63) is 70.5 Å². The normalized spacial score (nSPS) is 10.3. The maximum Gasteiger partial charge on any atom is 0.373 e. The maximum atomic E-state index is 11.7. The molecule has 1 aromatic heterocycles. The number of ether oxygens (including phenoxy) is 1. The highest BCUT2D eigenvalue weighted by molar-refractivity contribution is 5.88. The first-order valence-corrected chi connectivity index (χ1v) is 8.87. The number of hydrogen-bond acceptors (Lipinski definition) is 7. The zero-order chi connectivity index (χ0) is 20.8. The molecule has 0 unspecified atom stereocenters. The number of nitrogens with one attached hydrogen (secondary N) is 2.